The Kier molecular flexibility index (Phi) is 9.60. The molecule has 0 unspecified atom stereocenters. The van der Waals surface area contributed by atoms with Crippen LogP contribution in [-0.2, 0) is 40.1 Å². The highest BCUT2D eigenvalue weighted by atomic mass is 19.4. The van der Waals surface area contributed by atoms with Crippen LogP contribution in [-0.4, -0.2) is 82.7 Å². The van der Waals surface area contributed by atoms with Crippen molar-refractivity contribution in [1.82, 2.24) is 19.7 Å². The number of carbonyl (C=O) groups excluding carboxylic acids is 1. The Balaban J connectivity index is 0.000000410. The van der Waals surface area contributed by atoms with Crippen LogP contribution in [0.4, 0.5) is 22.0 Å². The summed E-state index contributed by atoms with van der Waals surface area (Å²) in [6.45, 7) is -0.130. The third kappa shape index (κ3) is 7.89. The molecule has 12 nitrogen and oxygen atoms in total. The van der Waals surface area contributed by atoms with E-state index in [-0.39, 0.29) is 49.8 Å². The van der Waals surface area contributed by atoms with Crippen LogP contribution in [0.1, 0.15) is 23.6 Å². The van der Waals surface area contributed by atoms with Crippen molar-refractivity contribution in [3.8, 4) is 0 Å². The molecule has 1 aliphatic rings. The third-order valence-electron chi connectivity index (χ3n) is 5.10. The Hall–Kier alpha value is -3.70. The maximum atomic E-state index is 13.7. The van der Waals surface area contributed by atoms with Gasteiger partial charge in [-0.3, -0.25) is 4.79 Å². The first kappa shape index (κ1) is 29.5. The fourth-order valence-corrected chi connectivity index (χ4v) is 3.25. The molecule has 1 amide bonds. The fourth-order valence-electron chi connectivity index (χ4n) is 3.25. The molecule has 17 heteroatoms. The number of carboxylic acid groups (broad SMARTS) is 2. The van der Waals surface area contributed by atoms with Crippen molar-refractivity contribution in [2.24, 2.45) is 5.73 Å². The first-order valence-corrected chi connectivity index (χ1v) is 10.4. The molecule has 0 saturated carbocycles. The summed E-state index contributed by atoms with van der Waals surface area (Å²) in [5.41, 5.74) is 6.07. The van der Waals surface area contributed by atoms with Gasteiger partial charge in [-0.1, -0.05) is 6.07 Å². The Morgan fingerprint density at radius 3 is 2.14 bits per heavy atom. The van der Waals surface area contributed by atoms with Gasteiger partial charge < -0.3 is 35.6 Å². The number of nitrogens with zero attached hydrogens (tertiary/aromatic N) is 4. The third-order valence-corrected chi connectivity index (χ3v) is 5.10. The summed E-state index contributed by atoms with van der Waals surface area (Å²) < 4.78 is 66.0. The molecule has 6 N–H and O–H groups in total. The van der Waals surface area contributed by atoms with Crippen LogP contribution in [0, 0.1) is 11.6 Å². The van der Waals surface area contributed by atoms with Crippen molar-refractivity contribution in [3.05, 3.63) is 47.0 Å². The number of hydrogen-bond donors (Lipinski definition) is 5. The van der Waals surface area contributed by atoms with E-state index in [2.05, 4.69) is 10.2 Å². The van der Waals surface area contributed by atoms with E-state index < -0.39 is 53.8 Å². The maximum Gasteiger partial charge on any atom is 0.451 e. The zero-order chi connectivity index (χ0) is 28.1. The van der Waals surface area contributed by atoms with E-state index in [1.165, 1.54) is 11.0 Å². The van der Waals surface area contributed by atoms with Crippen LogP contribution in [0.3, 0.4) is 0 Å². The zero-order valence-corrected chi connectivity index (χ0v) is 18.8. The molecule has 0 fully saturated rings. The predicted octanol–water partition coefficient (Wildman–Crippen LogP) is -0.245. The lowest BCUT2D eigenvalue weighted by atomic mass is 10.0. The largest absolute Gasteiger partial charge is 0.479 e. The summed E-state index contributed by atoms with van der Waals surface area (Å²) in [6, 6.07) is 2.38. The molecule has 0 radical (unpaired) electrons. The van der Waals surface area contributed by atoms with Crippen molar-refractivity contribution in [2.75, 3.05) is 6.54 Å². The summed E-state index contributed by atoms with van der Waals surface area (Å²) in [6.07, 6.45) is -9.24. The number of alkyl halides is 3. The highest BCUT2D eigenvalue weighted by molar-refractivity contribution is 5.83. The topological polar surface area (TPSA) is 192 Å². The lowest BCUT2D eigenvalue weighted by molar-refractivity contribution is -0.165. The molecule has 37 heavy (non-hydrogen) atoms. The van der Waals surface area contributed by atoms with E-state index in [4.69, 9.17) is 26.2 Å². The van der Waals surface area contributed by atoms with Gasteiger partial charge in [-0.05, 0) is 18.1 Å². The number of benzene rings is 1. The molecular formula is C20H22F5N5O7. The van der Waals surface area contributed by atoms with Crippen LogP contribution in [0.15, 0.2) is 18.2 Å². The van der Waals surface area contributed by atoms with Gasteiger partial charge in [0.2, 0.25) is 11.7 Å². The van der Waals surface area contributed by atoms with E-state index in [0.29, 0.717) is 0 Å². The van der Waals surface area contributed by atoms with Crippen LogP contribution < -0.4 is 5.73 Å². The molecule has 2 heterocycles. The molecule has 0 bridgehead atoms. The number of nitrogens with two attached hydrogens (primary N) is 1. The molecule has 3 atom stereocenters. The predicted molar refractivity (Wildman–Crippen MR) is 110 cm³/mol. The first-order chi connectivity index (χ1) is 17.1. The second-order valence-corrected chi connectivity index (χ2v) is 7.87. The molecule has 0 saturated heterocycles. The van der Waals surface area contributed by atoms with Gasteiger partial charge in [-0.2, -0.15) is 13.2 Å². The Labute approximate surface area is 204 Å². The summed E-state index contributed by atoms with van der Waals surface area (Å²) in [5, 5.41) is 39.2. The molecule has 0 spiro atoms. The van der Waals surface area contributed by atoms with Gasteiger partial charge in [-0.15, -0.1) is 10.2 Å². The number of aromatic nitrogens is 3. The van der Waals surface area contributed by atoms with Gasteiger partial charge in [-0.25, -0.2) is 18.4 Å². The lowest BCUT2D eigenvalue weighted by Crippen LogP contribution is -2.42. The monoisotopic (exact) mass is 539 g/mol. The summed E-state index contributed by atoms with van der Waals surface area (Å²) in [5.74, 6) is -6.43. The van der Waals surface area contributed by atoms with Crippen molar-refractivity contribution < 1.29 is 56.8 Å². The number of amides is 1. The molecule has 3 rings (SSSR count). The number of halogens is 5. The summed E-state index contributed by atoms with van der Waals surface area (Å²) in [7, 11) is 0. The van der Waals surface area contributed by atoms with E-state index in [9.17, 15) is 36.3 Å². The van der Waals surface area contributed by atoms with Gasteiger partial charge in [0.25, 0.3) is 0 Å². The normalized spacial score (nSPS) is 15.6. The van der Waals surface area contributed by atoms with Crippen LogP contribution in [0.5, 0.6) is 0 Å². The second kappa shape index (κ2) is 12.0. The van der Waals surface area contributed by atoms with Crippen molar-refractivity contribution in [2.45, 2.75) is 50.4 Å². The average molecular weight is 539 g/mol. The molecule has 1 aromatic carbocycles. The number of aliphatic carboxylic acids is 2. The van der Waals surface area contributed by atoms with Crippen molar-refractivity contribution >= 4 is 17.8 Å². The van der Waals surface area contributed by atoms with E-state index in [1.54, 1.807) is 0 Å². The van der Waals surface area contributed by atoms with Gasteiger partial charge in [0, 0.05) is 31.6 Å². The molecule has 204 valence electrons. The minimum Gasteiger partial charge on any atom is -0.479 e. The number of carboxylic acids is 2. The number of carbonyl (C=O) groups is 3. The number of hydrogen-bond acceptors (Lipinski definition) is 8. The highest BCUT2D eigenvalue weighted by Crippen LogP contribution is 2.29. The summed E-state index contributed by atoms with van der Waals surface area (Å²) >= 11 is 0. The number of fused-ring (bicyclic) bond motifs is 1. The lowest BCUT2D eigenvalue weighted by Gasteiger charge is -2.29. The van der Waals surface area contributed by atoms with Crippen LogP contribution in [0.2, 0.25) is 0 Å². The zero-order valence-electron chi connectivity index (χ0n) is 18.8. The minimum absolute atomic E-state index is 0.0279. The van der Waals surface area contributed by atoms with Crippen molar-refractivity contribution in [3.63, 3.8) is 0 Å². The molecule has 0 aliphatic carbocycles. The van der Waals surface area contributed by atoms with Gasteiger partial charge in [0.15, 0.2) is 18.0 Å². The van der Waals surface area contributed by atoms with Crippen LogP contribution in [0.25, 0.3) is 0 Å². The molecule has 1 aromatic heterocycles. The number of rotatable bonds is 7. The quantitative estimate of drug-likeness (QED) is 0.293. The maximum absolute atomic E-state index is 13.7. The second-order valence-electron chi connectivity index (χ2n) is 7.87. The minimum atomic E-state index is -4.61. The summed E-state index contributed by atoms with van der Waals surface area (Å²) in [4.78, 5) is 33.2. The fraction of sp³-hybridized carbons (Fsp3) is 0.450. The smallest absolute Gasteiger partial charge is 0.451 e. The van der Waals surface area contributed by atoms with Crippen LogP contribution >= 0.6 is 0 Å². The number of aliphatic hydroxyl groups excluding tert-OH is 2. The first-order valence-electron chi connectivity index (χ1n) is 10.4. The molecule has 1 aliphatic heterocycles. The SMILES string of the molecule is N[C@@H](CC(=O)N1CCn2c(nnc2C(F)(F)F)C1)Cc1ccc(F)cc1F.O=C(O)[C@H](O)[C@@H](O)C(=O)O. The number of aliphatic hydroxyl groups is 2. The standard InChI is InChI=1S/C16H16F5N5O.C4H6O6/c17-10-2-1-9(12(18)6-10)5-11(22)7-14(27)25-3-4-26-13(8-25)23-24-15(26)16(19,20)21;5-1(3(7)8)2(6)4(9)10/h1-2,6,11H,3-5,7-8,22H2;1-2,5-6H,(H,7,8)(H,9,10)/t11-;1-,2-/m11/s1. The Morgan fingerprint density at radius 2 is 1.62 bits per heavy atom. The molecule has 2 aromatic rings. The van der Waals surface area contributed by atoms with Crippen molar-refractivity contribution in [1.29, 1.82) is 0 Å². The highest BCUT2D eigenvalue weighted by Gasteiger charge is 2.40. The Morgan fingerprint density at radius 1 is 1.03 bits per heavy atom. The van der Waals surface area contributed by atoms with E-state index >= 15 is 0 Å². The Bertz CT molecular complexity index is 1130. The molecular weight excluding hydrogens is 517 g/mol. The van der Waals surface area contributed by atoms with E-state index in [1.807, 2.05) is 0 Å². The van der Waals surface area contributed by atoms with Gasteiger partial charge >= 0.3 is 18.1 Å². The van der Waals surface area contributed by atoms with E-state index in [0.717, 1.165) is 16.7 Å². The average Bonchev–Trinajstić information content (AvgIpc) is 3.24. The van der Waals surface area contributed by atoms with Gasteiger partial charge in [0.05, 0.1) is 6.54 Å². The van der Waals surface area contributed by atoms with Gasteiger partial charge in [0.1, 0.15) is 11.6 Å².